The van der Waals surface area contributed by atoms with Crippen LogP contribution in [0.2, 0.25) is 0 Å². The van der Waals surface area contributed by atoms with E-state index in [1.54, 1.807) is 20.2 Å². The molecule has 0 radical (unpaired) electrons. The largest absolute Gasteiger partial charge is 0.351 e. The Hall–Kier alpha value is -2.57. The lowest BCUT2D eigenvalue weighted by Crippen LogP contribution is -2.41. The third-order valence-corrected chi connectivity index (χ3v) is 3.69. The van der Waals surface area contributed by atoms with E-state index in [-0.39, 0.29) is 24.3 Å². The molecule has 140 valence electrons. The number of carbonyl (C=O) groups is 2. The van der Waals surface area contributed by atoms with Crippen molar-refractivity contribution in [1.29, 1.82) is 0 Å². The molecule has 4 N–H and O–H groups in total. The highest BCUT2D eigenvalue weighted by atomic mass is 35.5. The maximum absolute atomic E-state index is 12.2. The first kappa shape index (κ1) is 21.5. The Balaban J connectivity index is 0.00000338. The second-order valence-corrected chi connectivity index (χ2v) is 6.04. The van der Waals surface area contributed by atoms with Crippen molar-refractivity contribution in [3.8, 4) is 0 Å². The molecule has 2 aromatic rings. The third kappa shape index (κ3) is 6.74. The number of anilines is 1. The zero-order valence-electron chi connectivity index (χ0n) is 14.9. The van der Waals surface area contributed by atoms with Crippen molar-refractivity contribution in [1.82, 2.24) is 10.2 Å². The molecule has 2 rings (SSSR count). The number of hydrogen-bond acceptors (Lipinski definition) is 3. The minimum Gasteiger partial charge on any atom is -0.351 e. The number of nitrogens with one attached hydrogen (secondary N) is 2. The molecule has 0 aliphatic rings. The second kappa shape index (κ2) is 10.4. The van der Waals surface area contributed by atoms with Crippen molar-refractivity contribution in [2.75, 3.05) is 19.4 Å². The summed E-state index contributed by atoms with van der Waals surface area (Å²) < 4.78 is 0. The fourth-order valence-electron chi connectivity index (χ4n) is 2.28. The van der Waals surface area contributed by atoms with Gasteiger partial charge in [0.25, 0.3) is 0 Å². The number of nitrogens with two attached hydrogens (primary N) is 1. The van der Waals surface area contributed by atoms with Gasteiger partial charge in [0.05, 0.1) is 6.04 Å². The first-order valence-corrected chi connectivity index (χ1v) is 8.10. The first-order chi connectivity index (χ1) is 12.0. The van der Waals surface area contributed by atoms with Crippen LogP contribution in [-0.2, 0) is 17.8 Å². The van der Waals surface area contributed by atoms with E-state index in [2.05, 4.69) is 10.6 Å². The van der Waals surface area contributed by atoms with Crippen LogP contribution in [0.1, 0.15) is 11.1 Å². The summed E-state index contributed by atoms with van der Waals surface area (Å²) in [6, 6.07) is 16.2. The Morgan fingerprint density at radius 2 is 1.69 bits per heavy atom. The molecule has 0 spiro atoms. The molecular formula is C19H25ClN4O2. The fraction of sp³-hybridized carbons (Fsp3) is 0.263. The number of hydrogen-bond donors (Lipinski definition) is 3. The van der Waals surface area contributed by atoms with E-state index in [0.29, 0.717) is 18.7 Å². The lowest BCUT2D eigenvalue weighted by atomic mass is 10.1. The van der Waals surface area contributed by atoms with E-state index in [9.17, 15) is 9.59 Å². The van der Waals surface area contributed by atoms with Crippen molar-refractivity contribution < 1.29 is 9.59 Å². The van der Waals surface area contributed by atoms with Gasteiger partial charge >= 0.3 is 6.03 Å². The number of rotatable bonds is 6. The molecule has 26 heavy (non-hydrogen) atoms. The quantitative estimate of drug-likeness (QED) is 0.723. The lowest BCUT2D eigenvalue weighted by molar-refractivity contribution is -0.122. The van der Waals surface area contributed by atoms with Gasteiger partial charge in [0.1, 0.15) is 0 Å². The van der Waals surface area contributed by atoms with Gasteiger partial charge < -0.3 is 21.3 Å². The summed E-state index contributed by atoms with van der Waals surface area (Å²) in [6.45, 7) is 0.354. The average molecular weight is 377 g/mol. The van der Waals surface area contributed by atoms with Crippen molar-refractivity contribution in [3.05, 3.63) is 65.7 Å². The van der Waals surface area contributed by atoms with E-state index in [4.69, 9.17) is 5.73 Å². The smallest absolute Gasteiger partial charge is 0.321 e. The Morgan fingerprint density at radius 1 is 1.04 bits per heavy atom. The van der Waals surface area contributed by atoms with Crippen LogP contribution in [0, 0.1) is 0 Å². The van der Waals surface area contributed by atoms with Crippen molar-refractivity contribution in [2.45, 2.75) is 19.0 Å². The van der Waals surface area contributed by atoms with Gasteiger partial charge in [-0.05, 0) is 29.7 Å². The molecule has 0 saturated carbocycles. The second-order valence-electron chi connectivity index (χ2n) is 6.04. The summed E-state index contributed by atoms with van der Waals surface area (Å²) in [5.41, 5.74) is 8.56. The first-order valence-electron chi connectivity index (χ1n) is 8.10. The number of halogens is 1. The summed E-state index contributed by atoms with van der Waals surface area (Å²) in [5.74, 6) is -0.202. The van der Waals surface area contributed by atoms with E-state index in [1.165, 1.54) is 4.90 Å². The SMILES string of the molecule is CN(C)C(=O)Nc1cccc(CNC(=O)[C@@H](N)Cc2ccccc2)c1.Cl. The molecule has 2 aromatic carbocycles. The van der Waals surface area contributed by atoms with Gasteiger partial charge in [-0.2, -0.15) is 0 Å². The standard InChI is InChI=1S/C19H24N4O2.ClH/c1-23(2)19(25)22-16-10-6-9-15(11-16)13-21-18(24)17(20)12-14-7-4-3-5-8-14;/h3-11,17H,12-13,20H2,1-2H3,(H,21,24)(H,22,25);1H/t17-;/m0./s1. The minimum atomic E-state index is -0.598. The van der Waals surface area contributed by atoms with Crippen LogP contribution in [0.5, 0.6) is 0 Å². The number of nitrogens with zero attached hydrogens (tertiary/aromatic N) is 1. The summed E-state index contributed by atoms with van der Waals surface area (Å²) in [6.07, 6.45) is 0.492. The summed E-state index contributed by atoms with van der Waals surface area (Å²) in [7, 11) is 3.35. The maximum Gasteiger partial charge on any atom is 0.321 e. The molecule has 0 aromatic heterocycles. The highest BCUT2D eigenvalue weighted by molar-refractivity contribution is 5.89. The monoisotopic (exact) mass is 376 g/mol. The van der Waals surface area contributed by atoms with Gasteiger partial charge in [0.15, 0.2) is 0 Å². The zero-order chi connectivity index (χ0) is 18.2. The van der Waals surface area contributed by atoms with E-state index in [1.807, 2.05) is 48.5 Å². The molecule has 6 nitrogen and oxygen atoms in total. The average Bonchev–Trinajstić information content (AvgIpc) is 2.60. The molecule has 1 atom stereocenters. The highest BCUT2D eigenvalue weighted by Gasteiger charge is 2.13. The van der Waals surface area contributed by atoms with E-state index >= 15 is 0 Å². The van der Waals surface area contributed by atoms with Crippen molar-refractivity contribution in [3.63, 3.8) is 0 Å². The Morgan fingerprint density at radius 3 is 2.35 bits per heavy atom. The van der Waals surface area contributed by atoms with Crippen LogP contribution in [-0.4, -0.2) is 37.0 Å². The third-order valence-electron chi connectivity index (χ3n) is 3.69. The van der Waals surface area contributed by atoms with E-state index < -0.39 is 6.04 Å². The van der Waals surface area contributed by atoms with Crippen LogP contribution in [0.25, 0.3) is 0 Å². The molecule has 0 fully saturated rings. The van der Waals surface area contributed by atoms with Gasteiger partial charge in [0, 0.05) is 26.3 Å². The van der Waals surface area contributed by atoms with Gasteiger partial charge in [-0.15, -0.1) is 12.4 Å². The van der Waals surface area contributed by atoms with Gasteiger partial charge in [-0.25, -0.2) is 4.79 Å². The molecule has 0 aliphatic carbocycles. The number of amides is 3. The number of benzene rings is 2. The van der Waals surface area contributed by atoms with Crippen LogP contribution < -0.4 is 16.4 Å². The maximum atomic E-state index is 12.2. The molecule has 3 amide bonds. The van der Waals surface area contributed by atoms with Crippen LogP contribution in [0.15, 0.2) is 54.6 Å². The van der Waals surface area contributed by atoms with Gasteiger partial charge in [0.2, 0.25) is 5.91 Å². The lowest BCUT2D eigenvalue weighted by Gasteiger charge is -2.14. The van der Waals surface area contributed by atoms with Gasteiger partial charge in [-0.1, -0.05) is 42.5 Å². The zero-order valence-corrected chi connectivity index (χ0v) is 15.8. The predicted molar refractivity (Wildman–Crippen MR) is 106 cm³/mol. The number of urea groups is 1. The van der Waals surface area contributed by atoms with Gasteiger partial charge in [-0.3, -0.25) is 4.79 Å². The molecular weight excluding hydrogens is 352 g/mol. The topological polar surface area (TPSA) is 87.5 Å². The van der Waals surface area contributed by atoms with E-state index in [0.717, 1.165) is 11.1 Å². The molecule has 7 heteroatoms. The molecule has 0 saturated heterocycles. The Labute approximate surface area is 160 Å². The van der Waals surface area contributed by atoms with Crippen LogP contribution in [0.3, 0.4) is 0 Å². The molecule has 0 bridgehead atoms. The summed E-state index contributed by atoms with van der Waals surface area (Å²) >= 11 is 0. The Bertz CT molecular complexity index is 722. The number of carbonyl (C=O) groups excluding carboxylic acids is 2. The highest BCUT2D eigenvalue weighted by Crippen LogP contribution is 2.11. The normalized spacial score (nSPS) is 11.0. The van der Waals surface area contributed by atoms with Crippen LogP contribution in [0.4, 0.5) is 10.5 Å². The molecule has 0 aliphatic heterocycles. The summed E-state index contributed by atoms with van der Waals surface area (Å²) in [5, 5.41) is 5.61. The molecule has 0 heterocycles. The minimum absolute atomic E-state index is 0. The molecule has 0 unspecified atom stereocenters. The summed E-state index contributed by atoms with van der Waals surface area (Å²) in [4.78, 5) is 25.3. The van der Waals surface area contributed by atoms with Crippen molar-refractivity contribution >= 4 is 30.0 Å². The van der Waals surface area contributed by atoms with Crippen molar-refractivity contribution in [2.24, 2.45) is 5.73 Å². The Kier molecular flexibility index (Phi) is 8.61. The predicted octanol–water partition coefficient (Wildman–Crippen LogP) is 2.39. The van der Waals surface area contributed by atoms with Crippen LogP contribution >= 0.6 is 12.4 Å². The fourth-order valence-corrected chi connectivity index (χ4v) is 2.28.